The number of rotatable bonds is 0. The molecule has 1 aliphatic rings. The number of nitrogens with one attached hydrogen (secondary N) is 1. The lowest BCUT2D eigenvalue weighted by molar-refractivity contribution is 0.102. The maximum atomic E-state index is 12.5. The van der Waals surface area contributed by atoms with Crippen LogP contribution in [-0.4, -0.2) is 5.91 Å². The molecule has 0 atom stereocenters. The Hall–Kier alpha value is -2.13. The number of hydrogen-bond donors (Lipinski definition) is 1. The van der Waals surface area contributed by atoms with Crippen LogP contribution in [0.15, 0.2) is 59.1 Å². The first-order valence-electron chi connectivity index (χ1n) is 6.82. The summed E-state index contributed by atoms with van der Waals surface area (Å²) in [5, 5.41) is 5.28. The van der Waals surface area contributed by atoms with E-state index in [2.05, 4.69) is 39.4 Å². The van der Waals surface area contributed by atoms with Crippen molar-refractivity contribution in [1.82, 2.24) is 0 Å². The Balaban J connectivity index is 1.95. The van der Waals surface area contributed by atoms with Crippen LogP contribution in [0.1, 0.15) is 21.5 Å². The van der Waals surface area contributed by atoms with Gasteiger partial charge in [0.2, 0.25) is 0 Å². The Kier molecular flexibility index (Phi) is 2.82. The van der Waals surface area contributed by atoms with Gasteiger partial charge >= 0.3 is 0 Å². The second-order valence-corrected chi connectivity index (χ2v) is 6.20. The highest BCUT2D eigenvalue weighted by Crippen LogP contribution is 2.30. The van der Waals surface area contributed by atoms with Crippen LogP contribution in [0.25, 0.3) is 10.8 Å². The lowest BCUT2D eigenvalue weighted by Gasteiger charge is -2.07. The summed E-state index contributed by atoms with van der Waals surface area (Å²) in [5.74, 6) is -0.0307. The number of fused-ring (bicyclic) bond motifs is 3. The van der Waals surface area contributed by atoms with Crippen LogP contribution in [-0.2, 0) is 6.42 Å². The molecule has 1 heterocycles. The lowest BCUT2D eigenvalue weighted by Crippen LogP contribution is -2.11. The normalized spacial score (nSPS) is 13.3. The van der Waals surface area contributed by atoms with Gasteiger partial charge in [0.15, 0.2) is 0 Å². The fraction of sp³-hybridized carbons (Fsp3) is 0.0556. The topological polar surface area (TPSA) is 29.1 Å². The average Bonchev–Trinajstić information content (AvgIpc) is 2.61. The molecule has 1 aliphatic heterocycles. The smallest absolute Gasteiger partial charge is 0.255 e. The van der Waals surface area contributed by atoms with E-state index in [-0.39, 0.29) is 5.91 Å². The van der Waals surface area contributed by atoms with Crippen molar-refractivity contribution < 1.29 is 4.79 Å². The maximum absolute atomic E-state index is 12.5. The van der Waals surface area contributed by atoms with Crippen molar-refractivity contribution in [3.05, 3.63) is 75.8 Å². The minimum Gasteiger partial charge on any atom is -0.322 e. The molecule has 21 heavy (non-hydrogen) atoms. The molecule has 0 saturated carbocycles. The van der Waals surface area contributed by atoms with Gasteiger partial charge in [-0.15, -0.1) is 0 Å². The Bertz CT molecular complexity index is 886. The number of benzene rings is 3. The third-order valence-corrected chi connectivity index (χ3v) is 4.41. The van der Waals surface area contributed by atoms with E-state index in [0.717, 1.165) is 38.7 Å². The summed E-state index contributed by atoms with van der Waals surface area (Å²) < 4.78 is 1.03. The van der Waals surface area contributed by atoms with E-state index in [9.17, 15) is 4.79 Å². The molecule has 3 aromatic carbocycles. The molecule has 0 spiro atoms. The summed E-state index contributed by atoms with van der Waals surface area (Å²) in [6, 6.07) is 18.2. The van der Waals surface area contributed by atoms with Crippen molar-refractivity contribution in [2.24, 2.45) is 0 Å². The van der Waals surface area contributed by atoms with Gasteiger partial charge in [-0.3, -0.25) is 4.79 Å². The Morgan fingerprint density at radius 3 is 2.48 bits per heavy atom. The van der Waals surface area contributed by atoms with Gasteiger partial charge in [0.05, 0.1) is 0 Å². The van der Waals surface area contributed by atoms with E-state index in [1.54, 1.807) is 0 Å². The Labute approximate surface area is 130 Å². The Morgan fingerprint density at radius 2 is 1.67 bits per heavy atom. The summed E-state index contributed by atoms with van der Waals surface area (Å²) in [5.41, 5.74) is 3.86. The second-order valence-electron chi connectivity index (χ2n) is 5.29. The molecule has 0 fully saturated rings. The highest BCUT2D eigenvalue weighted by molar-refractivity contribution is 9.10. The molecule has 0 radical (unpaired) electrons. The van der Waals surface area contributed by atoms with Crippen molar-refractivity contribution in [2.75, 3.05) is 5.32 Å². The molecule has 2 nitrogen and oxygen atoms in total. The summed E-state index contributed by atoms with van der Waals surface area (Å²) in [6.45, 7) is 0. The third kappa shape index (κ3) is 2.14. The lowest BCUT2D eigenvalue weighted by atomic mass is 9.96. The van der Waals surface area contributed by atoms with Crippen LogP contribution in [0.3, 0.4) is 0 Å². The van der Waals surface area contributed by atoms with Gasteiger partial charge in [0.1, 0.15) is 0 Å². The fourth-order valence-electron chi connectivity index (χ4n) is 2.87. The zero-order valence-electron chi connectivity index (χ0n) is 11.2. The van der Waals surface area contributed by atoms with Gasteiger partial charge in [0.25, 0.3) is 5.91 Å². The molecule has 1 amide bonds. The zero-order chi connectivity index (χ0) is 14.4. The average molecular weight is 338 g/mol. The van der Waals surface area contributed by atoms with Gasteiger partial charge in [-0.1, -0.05) is 46.3 Å². The molecule has 0 bridgehead atoms. The summed E-state index contributed by atoms with van der Waals surface area (Å²) >= 11 is 3.50. The van der Waals surface area contributed by atoms with Crippen LogP contribution in [0.4, 0.5) is 5.69 Å². The van der Waals surface area contributed by atoms with E-state index in [0.29, 0.717) is 0 Å². The molecular formula is C18H12BrNO. The Morgan fingerprint density at radius 1 is 0.905 bits per heavy atom. The minimum absolute atomic E-state index is 0.0307. The molecule has 1 N–H and O–H groups in total. The van der Waals surface area contributed by atoms with E-state index in [1.165, 1.54) is 5.39 Å². The van der Waals surface area contributed by atoms with Crippen LogP contribution in [0.2, 0.25) is 0 Å². The third-order valence-electron chi connectivity index (χ3n) is 3.91. The highest BCUT2D eigenvalue weighted by Gasteiger charge is 2.19. The van der Waals surface area contributed by atoms with E-state index in [1.807, 2.05) is 36.4 Å². The van der Waals surface area contributed by atoms with Crippen LogP contribution >= 0.6 is 15.9 Å². The maximum Gasteiger partial charge on any atom is 0.255 e. The van der Waals surface area contributed by atoms with E-state index >= 15 is 0 Å². The number of hydrogen-bond acceptors (Lipinski definition) is 1. The first-order valence-corrected chi connectivity index (χ1v) is 7.61. The number of carbonyl (C=O) groups excluding carboxylic acids is 1. The van der Waals surface area contributed by atoms with Crippen LogP contribution in [0.5, 0.6) is 0 Å². The van der Waals surface area contributed by atoms with Gasteiger partial charge in [-0.05, 0) is 46.2 Å². The predicted octanol–water partition coefficient (Wildman–Crippen LogP) is 4.76. The van der Waals surface area contributed by atoms with Crippen LogP contribution < -0.4 is 5.32 Å². The number of carbonyl (C=O) groups is 1. The number of halogens is 1. The van der Waals surface area contributed by atoms with Crippen molar-refractivity contribution in [1.29, 1.82) is 0 Å². The highest BCUT2D eigenvalue weighted by atomic mass is 79.9. The predicted molar refractivity (Wildman–Crippen MR) is 88.8 cm³/mol. The monoisotopic (exact) mass is 337 g/mol. The second kappa shape index (κ2) is 4.71. The van der Waals surface area contributed by atoms with Crippen molar-refractivity contribution in [3.8, 4) is 0 Å². The molecule has 0 aromatic heterocycles. The van der Waals surface area contributed by atoms with Gasteiger partial charge < -0.3 is 5.32 Å². The minimum atomic E-state index is -0.0307. The first kappa shape index (κ1) is 12.6. The summed E-state index contributed by atoms with van der Waals surface area (Å²) in [7, 11) is 0. The fourth-order valence-corrected chi connectivity index (χ4v) is 3.28. The molecular weight excluding hydrogens is 326 g/mol. The van der Waals surface area contributed by atoms with Crippen LogP contribution in [0, 0.1) is 0 Å². The van der Waals surface area contributed by atoms with Crippen molar-refractivity contribution >= 4 is 38.3 Å². The van der Waals surface area contributed by atoms with Gasteiger partial charge in [-0.25, -0.2) is 0 Å². The molecule has 3 heteroatoms. The van der Waals surface area contributed by atoms with Gasteiger partial charge in [0, 0.05) is 22.1 Å². The standard InChI is InChI=1S/C18H12BrNO/c19-15-5-6-17-14(9-15)8-13-7-11-3-1-2-4-12(11)10-16(13)18(21)20-17/h1-7,9-10H,8H2,(H,20,21). The molecule has 102 valence electrons. The molecule has 0 aliphatic carbocycles. The number of anilines is 1. The molecule has 4 rings (SSSR count). The molecule has 0 saturated heterocycles. The number of amides is 1. The SMILES string of the molecule is O=C1Nc2ccc(Br)cc2Cc2cc3ccccc3cc21. The van der Waals surface area contributed by atoms with Crippen molar-refractivity contribution in [3.63, 3.8) is 0 Å². The first-order chi connectivity index (χ1) is 10.2. The van der Waals surface area contributed by atoms with E-state index in [4.69, 9.17) is 0 Å². The largest absolute Gasteiger partial charge is 0.322 e. The quantitative estimate of drug-likeness (QED) is 0.629. The van der Waals surface area contributed by atoms with E-state index < -0.39 is 0 Å². The zero-order valence-corrected chi connectivity index (χ0v) is 12.8. The molecule has 0 unspecified atom stereocenters. The molecule has 3 aromatic rings. The van der Waals surface area contributed by atoms with Crippen molar-refractivity contribution in [2.45, 2.75) is 6.42 Å². The summed E-state index contributed by atoms with van der Waals surface area (Å²) in [4.78, 5) is 12.5. The van der Waals surface area contributed by atoms with Gasteiger partial charge in [-0.2, -0.15) is 0 Å². The summed E-state index contributed by atoms with van der Waals surface area (Å²) in [6.07, 6.45) is 0.758.